The first kappa shape index (κ1) is 16.5. The molecule has 0 bridgehead atoms. The maximum absolute atomic E-state index is 11.9. The standard InChI is InChI=1S/C17H28N2O/c1-5-9-14(2)12-17(20)18-13-15(3)19(4)16-10-7-6-8-11-16/h6-8,10-11,14-15H,5,9,12-13H2,1-4H3,(H,18,20). The number of likely N-dealkylation sites (N-methyl/N-ethyl adjacent to an activating group) is 1. The summed E-state index contributed by atoms with van der Waals surface area (Å²) in [6.07, 6.45) is 2.89. The molecular weight excluding hydrogens is 248 g/mol. The van der Waals surface area contributed by atoms with E-state index in [0.717, 1.165) is 12.8 Å². The van der Waals surface area contributed by atoms with E-state index in [0.29, 0.717) is 18.9 Å². The Kier molecular flexibility index (Phi) is 7.13. The molecule has 20 heavy (non-hydrogen) atoms. The van der Waals surface area contributed by atoms with Gasteiger partial charge in [0.2, 0.25) is 5.91 Å². The van der Waals surface area contributed by atoms with Crippen molar-refractivity contribution in [1.29, 1.82) is 0 Å². The Morgan fingerprint density at radius 3 is 2.50 bits per heavy atom. The van der Waals surface area contributed by atoms with Crippen LogP contribution < -0.4 is 10.2 Å². The predicted molar refractivity (Wildman–Crippen MR) is 86.0 cm³/mol. The van der Waals surface area contributed by atoms with Crippen LogP contribution in [0.4, 0.5) is 5.69 Å². The topological polar surface area (TPSA) is 32.3 Å². The fourth-order valence-corrected chi connectivity index (χ4v) is 2.30. The molecule has 0 aliphatic rings. The number of benzene rings is 1. The summed E-state index contributed by atoms with van der Waals surface area (Å²) in [7, 11) is 2.06. The third-order valence-electron chi connectivity index (χ3n) is 3.73. The van der Waals surface area contributed by atoms with Crippen molar-refractivity contribution in [2.24, 2.45) is 5.92 Å². The van der Waals surface area contributed by atoms with Crippen molar-refractivity contribution in [2.75, 3.05) is 18.5 Å². The van der Waals surface area contributed by atoms with Crippen LogP contribution >= 0.6 is 0 Å². The summed E-state index contributed by atoms with van der Waals surface area (Å²) in [6, 6.07) is 10.5. The molecule has 2 atom stereocenters. The SMILES string of the molecule is CCCC(C)CC(=O)NCC(C)N(C)c1ccccc1. The molecule has 3 heteroatoms. The molecule has 0 heterocycles. The normalized spacial score (nSPS) is 13.6. The van der Waals surface area contributed by atoms with Gasteiger partial charge in [-0.15, -0.1) is 0 Å². The minimum atomic E-state index is 0.166. The zero-order valence-corrected chi connectivity index (χ0v) is 13.2. The first-order valence-electron chi connectivity index (χ1n) is 7.59. The maximum atomic E-state index is 11.9. The average molecular weight is 276 g/mol. The number of hydrogen-bond acceptors (Lipinski definition) is 2. The summed E-state index contributed by atoms with van der Waals surface area (Å²) in [5.41, 5.74) is 1.17. The van der Waals surface area contributed by atoms with Gasteiger partial charge in [-0.1, -0.05) is 44.9 Å². The van der Waals surface area contributed by atoms with Crippen molar-refractivity contribution in [3.05, 3.63) is 30.3 Å². The number of amides is 1. The molecule has 0 aliphatic carbocycles. The lowest BCUT2D eigenvalue weighted by Crippen LogP contribution is -2.40. The molecule has 112 valence electrons. The number of rotatable bonds is 8. The molecule has 0 spiro atoms. The summed E-state index contributed by atoms with van der Waals surface area (Å²) < 4.78 is 0. The highest BCUT2D eigenvalue weighted by molar-refractivity contribution is 5.76. The van der Waals surface area contributed by atoms with Crippen molar-refractivity contribution in [2.45, 2.75) is 46.1 Å². The molecule has 0 aliphatic heterocycles. The van der Waals surface area contributed by atoms with Crippen LogP contribution in [0.3, 0.4) is 0 Å². The zero-order chi connectivity index (χ0) is 15.0. The van der Waals surface area contributed by atoms with Crippen molar-refractivity contribution in [3.63, 3.8) is 0 Å². The molecule has 1 rings (SSSR count). The lowest BCUT2D eigenvalue weighted by molar-refractivity contribution is -0.122. The van der Waals surface area contributed by atoms with E-state index < -0.39 is 0 Å². The maximum Gasteiger partial charge on any atom is 0.220 e. The molecule has 1 N–H and O–H groups in total. The van der Waals surface area contributed by atoms with E-state index in [9.17, 15) is 4.79 Å². The van der Waals surface area contributed by atoms with Gasteiger partial charge >= 0.3 is 0 Å². The Balaban J connectivity index is 2.35. The number of nitrogens with one attached hydrogen (secondary N) is 1. The van der Waals surface area contributed by atoms with Gasteiger partial charge in [-0.05, 0) is 25.0 Å². The molecule has 1 amide bonds. The third kappa shape index (κ3) is 5.64. The Morgan fingerprint density at radius 2 is 1.90 bits per heavy atom. The van der Waals surface area contributed by atoms with E-state index in [1.54, 1.807) is 0 Å². The van der Waals surface area contributed by atoms with E-state index in [2.05, 4.69) is 50.2 Å². The molecule has 0 radical (unpaired) electrons. The van der Waals surface area contributed by atoms with Crippen LogP contribution in [0.15, 0.2) is 30.3 Å². The first-order valence-corrected chi connectivity index (χ1v) is 7.59. The largest absolute Gasteiger partial charge is 0.370 e. The summed E-state index contributed by atoms with van der Waals surface area (Å²) in [6.45, 7) is 7.11. The second-order valence-electron chi connectivity index (χ2n) is 5.70. The lowest BCUT2D eigenvalue weighted by atomic mass is 10.0. The number of carbonyl (C=O) groups excluding carboxylic acids is 1. The monoisotopic (exact) mass is 276 g/mol. The van der Waals surface area contributed by atoms with E-state index in [1.807, 2.05) is 18.2 Å². The van der Waals surface area contributed by atoms with Gasteiger partial charge in [0.1, 0.15) is 0 Å². The second kappa shape index (κ2) is 8.62. The second-order valence-corrected chi connectivity index (χ2v) is 5.70. The van der Waals surface area contributed by atoms with Crippen LogP contribution in [0.25, 0.3) is 0 Å². The van der Waals surface area contributed by atoms with Gasteiger partial charge in [0, 0.05) is 31.7 Å². The van der Waals surface area contributed by atoms with Crippen LogP contribution in [0.5, 0.6) is 0 Å². The van der Waals surface area contributed by atoms with Gasteiger partial charge in [0.05, 0.1) is 0 Å². The molecular formula is C17H28N2O. The van der Waals surface area contributed by atoms with Crippen LogP contribution in [-0.4, -0.2) is 25.5 Å². The molecule has 0 saturated heterocycles. The van der Waals surface area contributed by atoms with Gasteiger partial charge < -0.3 is 10.2 Å². The fraction of sp³-hybridized carbons (Fsp3) is 0.588. The Labute approximate surface area is 123 Å². The van der Waals surface area contributed by atoms with E-state index >= 15 is 0 Å². The molecule has 0 aromatic heterocycles. The minimum absolute atomic E-state index is 0.166. The molecule has 2 unspecified atom stereocenters. The van der Waals surface area contributed by atoms with Crippen LogP contribution in [0, 0.1) is 5.92 Å². The number of para-hydroxylation sites is 1. The Morgan fingerprint density at radius 1 is 1.25 bits per heavy atom. The van der Waals surface area contributed by atoms with Gasteiger partial charge in [0.15, 0.2) is 0 Å². The summed E-state index contributed by atoms with van der Waals surface area (Å²) in [5, 5.41) is 3.04. The summed E-state index contributed by atoms with van der Waals surface area (Å²) >= 11 is 0. The average Bonchev–Trinajstić information content (AvgIpc) is 2.45. The number of hydrogen-bond donors (Lipinski definition) is 1. The summed E-state index contributed by atoms with van der Waals surface area (Å²) in [4.78, 5) is 14.1. The summed E-state index contributed by atoms with van der Waals surface area (Å²) in [5.74, 6) is 0.640. The third-order valence-corrected chi connectivity index (χ3v) is 3.73. The van der Waals surface area contributed by atoms with E-state index in [4.69, 9.17) is 0 Å². The zero-order valence-electron chi connectivity index (χ0n) is 13.2. The van der Waals surface area contributed by atoms with Crippen molar-refractivity contribution < 1.29 is 4.79 Å². The van der Waals surface area contributed by atoms with Crippen molar-refractivity contribution in [1.82, 2.24) is 5.32 Å². The quantitative estimate of drug-likeness (QED) is 0.788. The Hall–Kier alpha value is -1.51. The Bertz CT molecular complexity index is 391. The lowest BCUT2D eigenvalue weighted by Gasteiger charge is -2.27. The highest BCUT2D eigenvalue weighted by Gasteiger charge is 2.12. The highest BCUT2D eigenvalue weighted by atomic mass is 16.1. The minimum Gasteiger partial charge on any atom is -0.370 e. The van der Waals surface area contributed by atoms with Gasteiger partial charge in [0.25, 0.3) is 0 Å². The van der Waals surface area contributed by atoms with Crippen LogP contribution in [-0.2, 0) is 4.79 Å². The molecule has 1 aromatic rings. The smallest absolute Gasteiger partial charge is 0.220 e. The molecule has 1 aromatic carbocycles. The number of carbonyl (C=O) groups is 1. The van der Waals surface area contributed by atoms with E-state index in [-0.39, 0.29) is 11.9 Å². The van der Waals surface area contributed by atoms with Crippen molar-refractivity contribution in [3.8, 4) is 0 Å². The number of nitrogens with zero attached hydrogens (tertiary/aromatic N) is 1. The van der Waals surface area contributed by atoms with Gasteiger partial charge in [-0.25, -0.2) is 0 Å². The van der Waals surface area contributed by atoms with Crippen LogP contribution in [0.2, 0.25) is 0 Å². The van der Waals surface area contributed by atoms with Crippen molar-refractivity contribution >= 4 is 11.6 Å². The van der Waals surface area contributed by atoms with Gasteiger partial charge in [-0.2, -0.15) is 0 Å². The van der Waals surface area contributed by atoms with E-state index in [1.165, 1.54) is 5.69 Å². The molecule has 0 fully saturated rings. The van der Waals surface area contributed by atoms with Crippen LogP contribution in [0.1, 0.15) is 40.0 Å². The predicted octanol–water partition coefficient (Wildman–Crippen LogP) is 3.45. The fourth-order valence-electron chi connectivity index (χ4n) is 2.30. The van der Waals surface area contributed by atoms with Gasteiger partial charge in [-0.3, -0.25) is 4.79 Å². The first-order chi connectivity index (χ1) is 9.54. The highest BCUT2D eigenvalue weighted by Crippen LogP contribution is 2.14. The molecule has 0 saturated carbocycles. The number of anilines is 1. The molecule has 3 nitrogen and oxygen atoms in total.